The maximum Gasteiger partial charge on any atom is 0.174 e. The lowest BCUT2D eigenvalue weighted by molar-refractivity contribution is -0.319. The van der Waals surface area contributed by atoms with Gasteiger partial charge in [0.1, 0.15) is 0 Å². The summed E-state index contributed by atoms with van der Waals surface area (Å²) in [6.45, 7) is 10.4. The summed E-state index contributed by atoms with van der Waals surface area (Å²) in [7, 11) is 0. The van der Waals surface area contributed by atoms with E-state index in [4.69, 9.17) is 9.47 Å². The molecule has 15 heavy (non-hydrogen) atoms. The van der Waals surface area contributed by atoms with Crippen molar-refractivity contribution in [2.75, 3.05) is 13.2 Å². The third kappa shape index (κ3) is 1.98. The van der Waals surface area contributed by atoms with Crippen molar-refractivity contribution in [3.05, 3.63) is 11.6 Å². The molecule has 0 aromatic heterocycles. The van der Waals surface area contributed by atoms with Gasteiger partial charge in [0.25, 0.3) is 0 Å². The van der Waals surface area contributed by atoms with Crippen molar-refractivity contribution in [1.29, 1.82) is 0 Å². The van der Waals surface area contributed by atoms with Gasteiger partial charge in [0.15, 0.2) is 5.79 Å². The van der Waals surface area contributed by atoms with Gasteiger partial charge in [0, 0.05) is 17.8 Å². The molecular formula is C13H22O2. The molecule has 1 atom stereocenters. The van der Waals surface area contributed by atoms with Crippen molar-refractivity contribution in [3.8, 4) is 0 Å². The van der Waals surface area contributed by atoms with E-state index in [2.05, 4.69) is 33.8 Å². The normalized spacial score (nSPS) is 33.9. The smallest absolute Gasteiger partial charge is 0.174 e. The average molecular weight is 210 g/mol. The lowest BCUT2D eigenvalue weighted by atomic mass is 9.82. The molecule has 1 heterocycles. The Bertz CT molecular complexity index is 268. The van der Waals surface area contributed by atoms with Crippen LogP contribution in [0.3, 0.4) is 0 Å². The molecule has 0 aromatic carbocycles. The monoisotopic (exact) mass is 210 g/mol. The number of hydrogen-bond acceptors (Lipinski definition) is 2. The fraction of sp³-hybridized carbons (Fsp3) is 0.846. The van der Waals surface area contributed by atoms with Gasteiger partial charge in [-0.2, -0.15) is 0 Å². The second-order valence-electron chi connectivity index (χ2n) is 5.76. The van der Waals surface area contributed by atoms with Crippen LogP contribution in [0.25, 0.3) is 0 Å². The maximum absolute atomic E-state index is 6.04. The Kier molecular flexibility index (Phi) is 2.68. The van der Waals surface area contributed by atoms with Gasteiger partial charge >= 0.3 is 0 Å². The van der Waals surface area contributed by atoms with Gasteiger partial charge < -0.3 is 9.47 Å². The molecule has 2 rings (SSSR count). The van der Waals surface area contributed by atoms with Crippen LogP contribution in [0.1, 0.15) is 40.5 Å². The summed E-state index contributed by atoms with van der Waals surface area (Å²) in [5.41, 5.74) is 1.57. The molecule has 0 amide bonds. The second kappa shape index (κ2) is 3.60. The van der Waals surface area contributed by atoms with E-state index in [-0.39, 0.29) is 11.2 Å². The first-order valence-corrected chi connectivity index (χ1v) is 5.90. The van der Waals surface area contributed by atoms with Gasteiger partial charge in [-0.3, -0.25) is 0 Å². The SMILES string of the molecule is CC1=CCCC2(OCC(C)(C)CO2)[C@@H]1C. The molecule has 0 saturated carbocycles. The molecule has 1 aliphatic carbocycles. The molecule has 2 nitrogen and oxygen atoms in total. The van der Waals surface area contributed by atoms with Crippen LogP contribution in [-0.4, -0.2) is 19.0 Å². The molecule has 2 aliphatic rings. The van der Waals surface area contributed by atoms with Crippen molar-refractivity contribution >= 4 is 0 Å². The first kappa shape index (κ1) is 11.2. The molecule has 0 unspecified atom stereocenters. The quantitative estimate of drug-likeness (QED) is 0.572. The van der Waals surface area contributed by atoms with E-state index in [0.717, 1.165) is 26.1 Å². The molecule has 0 N–H and O–H groups in total. The Morgan fingerprint density at radius 3 is 2.47 bits per heavy atom. The maximum atomic E-state index is 6.04. The molecule has 1 spiro atoms. The van der Waals surface area contributed by atoms with Crippen molar-refractivity contribution in [1.82, 2.24) is 0 Å². The van der Waals surface area contributed by atoms with Crippen LogP contribution in [-0.2, 0) is 9.47 Å². The predicted octanol–water partition coefficient (Wildman–Crippen LogP) is 3.13. The second-order valence-corrected chi connectivity index (χ2v) is 5.76. The minimum Gasteiger partial charge on any atom is -0.349 e. The first-order chi connectivity index (χ1) is 6.95. The Morgan fingerprint density at radius 2 is 1.87 bits per heavy atom. The van der Waals surface area contributed by atoms with Crippen molar-refractivity contribution in [2.45, 2.75) is 46.3 Å². The van der Waals surface area contributed by atoms with Gasteiger partial charge in [-0.05, 0) is 13.3 Å². The van der Waals surface area contributed by atoms with E-state index in [1.54, 1.807) is 0 Å². The Morgan fingerprint density at radius 1 is 1.27 bits per heavy atom. The van der Waals surface area contributed by atoms with Crippen LogP contribution in [0.4, 0.5) is 0 Å². The number of hydrogen-bond donors (Lipinski definition) is 0. The largest absolute Gasteiger partial charge is 0.349 e. The van der Waals surface area contributed by atoms with Gasteiger partial charge in [0.2, 0.25) is 0 Å². The minimum atomic E-state index is -0.325. The zero-order valence-corrected chi connectivity index (χ0v) is 10.3. The highest BCUT2D eigenvalue weighted by molar-refractivity contribution is 5.12. The van der Waals surface area contributed by atoms with Crippen molar-refractivity contribution in [2.24, 2.45) is 11.3 Å². The van der Waals surface area contributed by atoms with E-state index in [1.165, 1.54) is 5.57 Å². The number of rotatable bonds is 0. The van der Waals surface area contributed by atoms with Crippen LogP contribution in [0.5, 0.6) is 0 Å². The Labute approximate surface area is 92.6 Å². The van der Waals surface area contributed by atoms with Gasteiger partial charge in [-0.1, -0.05) is 32.4 Å². The standard InChI is InChI=1S/C13H22O2/c1-10-6-5-7-13(11(10)2)14-8-12(3,4)9-15-13/h6,11H,5,7-9H2,1-4H3/t11-/m1/s1. The van der Waals surface area contributed by atoms with Crippen LogP contribution >= 0.6 is 0 Å². The van der Waals surface area contributed by atoms with E-state index >= 15 is 0 Å². The van der Waals surface area contributed by atoms with Gasteiger partial charge in [0.05, 0.1) is 13.2 Å². The summed E-state index contributed by atoms with van der Waals surface area (Å²) in [5, 5.41) is 0. The van der Waals surface area contributed by atoms with E-state index in [1.807, 2.05) is 0 Å². The molecule has 1 saturated heterocycles. The molecule has 86 valence electrons. The van der Waals surface area contributed by atoms with E-state index in [9.17, 15) is 0 Å². The van der Waals surface area contributed by atoms with Crippen molar-refractivity contribution in [3.63, 3.8) is 0 Å². The molecular weight excluding hydrogens is 188 g/mol. The first-order valence-electron chi connectivity index (χ1n) is 5.90. The molecule has 1 aliphatic heterocycles. The molecule has 1 fully saturated rings. The molecule has 0 aromatic rings. The van der Waals surface area contributed by atoms with E-state index < -0.39 is 0 Å². The number of allylic oxidation sites excluding steroid dienone is 1. The van der Waals surface area contributed by atoms with Crippen LogP contribution in [0, 0.1) is 11.3 Å². The summed E-state index contributed by atoms with van der Waals surface area (Å²) in [5.74, 6) is 0.0660. The Balaban J connectivity index is 2.13. The average Bonchev–Trinajstić information content (AvgIpc) is 2.19. The third-order valence-corrected chi connectivity index (χ3v) is 3.72. The van der Waals surface area contributed by atoms with Crippen molar-refractivity contribution < 1.29 is 9.47 Å². The highest BCUT2D eigenvalue weighted by Crippen LogP contribution is 2.42. The zero-order valence-electron chi connectivity index (χ0n) is 10.3. The van der Waals surface area contributed by atoms with Crippen LogP contribution in [0.15, 0.2) is 11.6 Å². The lowest BCUT2D eigenvalue weighted by Crippen LogP contribution is -2.52. The summed E-state index contributed by atoms with van der Waals surface area (Å²) < 4.78 is 12.1. The number of ether oxygens (including phenoxy) is 2. The summed E-state index contributed by atoms with van der Waals surface area (Å²) in [6, 6.07) is 0. The Hall–Kier alpha value is -0.340. The van der Waals surface area contributed by atoms with Gasteiger partial charge in [-0.25, -0.2) is 0 Å². The summed E-state index contributed by atoms with van der Waals surface area (Å²) in [6.07, 6.45) is 4.39. The molecule has 2 heteroatoms. The third-order valence-electron chi connectivity index (χ3n) is 3.72. The fourth-order valence-electron chi connectivity index (χ4n) is 2.35. The predicted molar refractivity (Wildman–Crippen MR) is 60.6 cm³/mol. The zero-order chi connectivity index (χ0) is 11.1. The molecule has 0 bridgehead atoms. The van der Waals surface area contributed by atoms with E-state index in [0.29, 0.717) is 5.92 Å². The minimum absolute atomic E-state index is 0.167. The fourth-order valence-corrected chi connectivity index (χ4v) is 2.35. The highest BCUT2D eigenvalue weighted by Gasteiger charge is 2.45. The molecule has 0 radical (unpaired) electrons. The van der Waals surface area contributed by atoms with Crippen LogP contribution < -0.4 is 0 Å². The summed E-state index contributed by atoms with van der Waals surface area (Å²) >= 11 is 0. The topological polar surface area (TPSA) is 18.5 Å². The lowest BCUT2D eigenvalue weighted by Gasteiger charge is -2.48. The van der Waals surface area contributed by atoms with Crippen LogP contribution in [0.2, 0.25) is 0 Å². The van der Waals surface area contributed by atoms with Gasteiger partial charge in [-0.15, -0.1) is 0 Å². The highest BCUT2D eigenvalue weighted by atomic mass is 16.7. The summed E-state index contributed by atoms with van der Waals surface area (Å²) in [4.78, 5) is 0.